The second kappa shape index (κ2) is 9.26. The molecule has 3 saturated heterocycles. The predicted molar refractivity (Wildman–Crippen MR) is 113 cm³/mol. The lowest BCUT2D eigenvalue weighted by atomic mass is 9.94. The zero-order valence-electron chi connectivity index (χ0n) is 19.3. The minimum Gasteiger partial charge on any atom is -0.460 e. The number of carbonyl (C=O) groups excluding carboxylic acids is 2. The number of rotatable bonds is 5. The summed E-state index contributed by atoms with van der Waals surface area (Å²) in [4.78, 5) is 23.7. The summed E-state index contributed by atoms with van der Waals surface area (Å²) in [6, 6.07) is 0. The van der Waals surface area contributed by atoms with Crippen LogP contribution in [0.15, 0.2) is 12.2 Å². The van der Waals surface area contributed by atoms with Gasteiger partial charge in [-0.1, -0.05) is 19.4 Å². The van der Waals surface area contributed by atoms with E-state index in [2.05, 4.69) is 6.58 Å². The van der Waals surface area contributed by atoms with Gasteiger partial charge in [0, 0.05) is 31.3 Å². The van der Waals surface area contributed by atoms with Crippen LogP contribution in [0.4, 0.5) is 0 Å². The molecule has 2 aliphatic carbocycles. The first-order valence-corrected chi connectivity index (χ1v) is 12.2. The van der Waals surface area contributed by atoms with E-state index < -0.39 is 48.6 Å². The molecule has 2 spiro atoms. The molecule has 184 valence electrons. The zero-order chi connectivity index (χ0) is 23.1. The molecule has 0 aromatic heterocycles. The Labute approximate surface area is 194 Å². The van der Waals surface area contributed by atoms with Gasteiger partial charge in [0.15, 0.2) is 24.5 Å². The van der Waals surface area contributed by atoms with Gasteiger partial charge in [-0.05, 0) is 32.6 Å². The lowest BCUT2D eigenvalue weighted by Crippen LogP contribution is -2.56. The first-order valence-electron chi connectivity index (χ1n) is 12.2. The number of fused-ring (bicyclic) bond motifs is 3. The molecule has 0 aromatic carbocycles. The van der Waals surface area contributed by atoms with Gasteiger partial charge in [0.05, 0.1) is 0 Å². The SMILES string of the molecule is C=C(C)C(=O)OCC(=O)OC[C@H]1O[C@@H]2OC3(CCCCC3)O[C@@H]2[C@H]2OC3(CCCCC3)O[C@H]21. The third-order valence-corrected chi connectivity index (χ3v) is 7.28. The quantitative estimate of drug-likeness (QED) is 0.447. The monoisotopic (exact) mass is 466 g/mol. The van der Waals surface area contributed by atoms with Crippen molar-refractivity contribution in [3.05, 3.63) is 12.2 Å². The van der Waals surface area contributed by atoms with Crippen LogP contribution in [0.2, 0.25) is 0 Å². The molecule has 0 amide bonds. The fourth-order valence-electron chi connectivity index (χ4n) is 5.64. The summed E-state index contributed by atoms with van der Waals surface area (Å²) in [5.74, 6) is -2.57. The van der Waals surface area contributed by atoms with E-state index in [1.165, 1.54) is 19.8 Å². The van der Waals surface area contributed by atoms with Crippen LogP contribution in [0, 0.1) is 0 Å². The molecule has 2 saturated carbocycles. The van der Waals surface area contributed by atoms with E-state index in [1.54, 1.807) is 0 Å². The second-order valence-electron chi connectivity index (χ2n) is 9.89. The van der Waals surface area contributed by atoms with Gasteiger partial charge in [0.25, 0.3) is 0 Å². The van der Waals surface area contributed by atoms with Crippen LogP contribution < -0.4 is 0 Å². The number of ether oxygens (including phenoxy) is 7. The van der Waals surface area contributed by atoms with Crippen LogP contribution in [0.1, 0.15) is 71.1 Å². The normalized spacial score (nSPS) is 36.2. The van der Waals surface area contributed by atoms with Crippen molar-refractivity contribution < 1.29 is 42.7 Å². The van der Waals surface area contributed by atoms with Crippen molar-refractivity contribution in [2.75, 3.05) is 13.2 Å². The summed E-state index contributed by atoms with van der Waals surface area (Å²) in [7, 11) is 0. The molecule has 5 rings (SSSR count). The van der Waals surface area contributed by atoms with Gasteiger partial charge in [-0.2, -0.15) is 0 Å². The van der Waals surface area contributed by atoms with Crippen LogP contribution in [0.5, 0.6) is 0 Å². The van der Waals surface area contributed by atoms with Gasteiger partial charge in [-0.25, -0.2) is 9.59 Å². The van der Waals surface area contributed by atoms with Crippen LogP contribution in [-0.2, 0) is 42.7 Å². The molecule has 5 fully saturated rings. The average molecular weight is 467 g/mol. The van der Waals surface area contributed by atoms with E-state index in [0.29, 0.717) is 0 Å². The summed E-state index contributed by atoms with van der Waals surface area (Å²) >= 11 is 0. The molecule has 0 bridgehead atoms. The summed E-state index contributed by atoms with van der Waals surface area (Å²) < 4.78 is 42.3. The molecule has 33 heavy (non-hydrogen) atoms. The van der Waals surface area contributed by atoms with Crippen molar-refractivity contribution in [3.63, 3.8) is 0 Å². The van der Waals surface area contributed by atoms with Gasteiger partial charge in [-0.3, -0.25) is 0 Å². The Kier molecular flexibility index (Phi) is 6.52. The minimum absolute atomic E-state index is 0.0519. The molecule has 9 heteroatoms. The zero-order valence-corrected chi connectivity index (χ0v) is 19.3. The largest absolute Gasteiger partial charge is 0.460 e. The van der Waals surface area contributed by atoms with E-state index in [0.717, 1.165) is 51.4 Å². The highest BCUT2D eigenvalue weighted by molar-refractivity contribution is 5.88. The Bertz CT molecular complexity index is 768. The van der Waals surface area contributed by atoms with Crippen LogP contribution >= 0.6 is 0 Å². The molecule has 5 aliphatic rings. The molecule has 9 nitrogen and oxygen atoms in total. The van der Waals surface area contributed by atoms with E-state index in [1.807, 2.05) is 0 Å². The fraction of sp³-hybridized carbons (Fsp3) is 0.833. The molecule has 0 aromatic rings. The Morgan fingerprint density at radius 3 is 2.03 bits per heavy atom. The Morgan fingerprint density at radius 2 is 1.39 bits per heavy atom. The smallest absolute Gasteiger partial charge is 0.344 e. The number of carbonyl (C=O) groups is 2. The van der Waals surface area contributed by atoms with Crippen molar-refractivity contribution in [2.24, 2.45) is 0 Å². The first kappa shape index (κ1) is 23.2. The fourth-order valence-corrected chi connectivity index (χ4v) is 5.64. The minimum atomic E-state index is -0.662. The van der Waals surface area contributed by atoms with Gasteiger partial charge >= 0.3 is 11.9 Å². The molecule has 0 N–H and O–H groups in total. The Balaban J connectivity index is 1.27. The molecule has 0 unspecified atom stereocenters. The molecule has 0 radical (unpaired) electrons. The molecule has 3 aliphatic heterocycles. The summed E-state index contributed by atoms with van der Waals surface area (Å²) in [5.41, 5.74) is 0.219. The lowest BCUT2D eigenvalue weighted by molar-refractivity contribution is -0.255. The van der Waals surface area contributed by atoms with E-state index >= 15 is 0 Å². The van der Waals surface area contributed by atoms with Gasteiger partial charge < -0.3 is 33.2 Å². The average Bonchev–Trinajstić information content (AvgIpc) is 3.34. The van der Waals surface area contributed by atoms with Gasteiger partial charge in [-0.15, -0.1) is 0 Å². The number of esters is 2. The van der Waals surface area contributed by atoms with Crippen molar-refractivity contribution in [1.82, 2.24) is 0 Å². The summed E-state index contributed by atoms with van der Waals surface area (Å²) in [6.45, 7) is 4.47. The van der Waals surface area contributed by atoms with E-state index in [9.17, 15) is 9.59 Å². The first-order chi connectivity index (χ1) is 15.9. The van der Waals surface area contributed by atoms with Gasteiger partial charge in [0.1, 0.15) is 31.0 Å². The van der Waals surface area contributed by atoms with E-state index in [-0.39, 0.29) is 24.4 Å². The number of hydrogen-bond donors (Lipinski definition) is 0. The van der Waals surface area contributed by atoms with Crippen molar-refractivity contribution in [2.45, 2.75) is 113 Å². The third kappa shape index (κ3) is 4.71. The summed E-state index contributed by atoms with van der Waals surface area (Å²) in [5, 5.41) is 0. The van der Waals surface area contributed by atoms with Crippen molar-refractivity contribution in [1.29, 1.82) is 0 Å². The molecule has 5 atom stereocenters. The molecular weight excluding hydrogens is 432 g/mol. The Hall–Kier alpha value is -1.52. The van der Waals surface area contributed by atoms with Crippen LogP contribution in [-0.4, -0.2) is 67.4 Å². The van der Waals surface area contributed by atoms with Crippen molar-refractivity contribution >= 4 is 11.9 Å². The summed E-state index contributed by atoms with van der Waals surface area (Å²) in [6.07, 6.45) is 7.53. The van der Waals surface area contributed by atoms with Crippen molar-refractivity contribution in [3.8, 4) is 0 Å². The highest BCUT2D eigenvalue weighted by Crippen LogP contribution is 2.50. The van der Waals surface area contributed by atoms with Gasteiger partial charge in [0.2, 0.25) is 0 Å². The third-order valence-electron chi connectivity index (χ3n) is 7.28. The highest BCUT2D eigenvalue weighted by atomic mass is 16.9. The highest BCUT2D eigenvalue weighted by Gasteiger charge is 2.64. The standard InChI is InChI=1S/C24H34O9/c1-15(2)21(26)28-14-17(25)27-13-16-18-19(31-23(30-18)9-5-3-6-10-23)20-22(29-16)33-24(32-20)11-7-4-8-12-24/h16,18-20,22H,1,3-14H2,2H3/t16-,18+,19+,20-,22-/m1/s1. The topological polar surface area (TPSA) is 98.8 Å². The second-order valence-corrected chi connectivity index (χ2v) is 9.89. The maximum atomic E-state index is 12.2. The van der Waals surface area contributed by atoms with Crippen LogP contribution in [0.3, 0.4) is 0 Å². The maximum absolute atomic E-state index is 12.2. The molecular formula is C24H34O9. The van der Waals surface area contributed by atoms with E-state index in [4.69, 9.17) is 33.2 Å². The lowest BCUT2D eigenvalue weighted by Gasteiger charge is -2.36. The molecule has 3 heterocycles. The Morgan fingerprint density at radius 1 is 0.818 bits per heavy atom. The number of hydrogen-bond acceptors (Lipinski definition) is 9. The van der Waals surface area contributed by atoms with Crippen LogP contribution in [0.25, 0.3) is 0 Å². The predicted octanol–water partition coefficient (Wildman–Crippen LogP) is 2.89. The maximum Gasteiger partial charge on any atom is 0.344 e.